The van der Waals surface area contributed by atoms with Gasteiger partial charge < -0.3 is 33.2 Å². The molecular formula is C43H37NO11. The van der Waals surface area contributed by atoms with Crippen LogP contribution in [0.5, 0.6) is 11.5 Å². The fourth-order valence-electron chi connectivity index (χ4n) is 5.88. The monoisotopic (exact) mass is 743 g/mol. The van der Waals surface area contributed by atoms with E-state index in [2.05, 4.69) is 6.58 Å². The number of hydrogen-bond donors (Lipinski definition) is 0. The van der Waals surface area contributed by atoms with Crippen LogP contribution in [0.2, 0.25) is 0 Å². The minimum atomic E-state index is -0.811. The zero-order chi connectivity index (χ0) is 38.6. The SMILES string of the molecule is C=CC(=O)OCCCCOc1ccc(C(=O)Oc2ccc(C(=O)O[C@H]3CO[C@H]4[C@@H]3OC[C@H]4OC(=O)/C(C#N)=C/c3ccc(-c4ccccc4)cc3)cc2)cc1. The van der Waals surface area contributed by atoms with Crippen molar-refractivity contribution in [3.8, 4) is 28.7 Å². The molecule has 4 atom stereocenters. The van der Waals surface area contributed by atoms with Crippen molar-refractivity contribution in [1.29, 1.82) is 5.26 Å². The van der Waals surface area contributed by atoms with Crippen LogP contribution in [-0.4, -0.2) is 74.7 Å². The molecule has 2 heterocycles. The van der Waals surface area contributed by atoms with Gasteiger partial charge in [0.15, 0.2) is 12.2 Å². The molecule has 6 rings (SSSR count). The minimum absolute atomic E-state index is 0.00597. The lowest BCUT2D eigenvalue weighted by Gasteiger charge is -2.17. The van der Waals surface area contributed by atoms with Crippen molar-refractivity contribution >= 4 is 30.0 Å². The first-order valence-corrected chi connectivity index (χ1v) is 17.6. The summed E-state index contributed by atoms with van der Waals surface area (Å²) < 4.78 is 39.0. The van der Waals surface area contributed by atoms with Crippen molar-refractivity contribution in [3.63, 3.8) is 0 Å². The highest BCUT2D eigenvalue weighted by Crippen LogP contribution is 2.32. The third-order valence-electron chi connectivity index (χ3n) is 8.76. The van der Waals surface area contributed by atoms with Gasteiger partial charge in [-0.05, 0) is 84.1 Å². The number of ether oxygens (including phenoxy) is 7. The molecule has 0 bridgehead atoms. The van der Waals surface area contributed by atoms with Gasteiger partial charge in [-0.2, -0.15) is 5.26 Å². The number of nitrogens with zero attached hydrogens (tertiary/aromatic N) is 1. The van der Waals surface area contributed by atoms with Crippen LogP contribution in [0.3, 0.4) is 0 Å². The maximum atomic E-state index is 13.0. The summed E-state index contributed by atoms with van der Waals surface area (Å²) in [5.74, 6) is -1.71. The summed E-state index contributed by atoms with van der Waals surface area (Å²) in [5.41, 5.74) is 3.05. The van der Waals surface area contributed by atoms with Gasteiger partial charge >= 0.3 is 23.9 Å². The van der Waals surface area contributed by atoms with Crippen molar-refractivity contribution < 1.29 is 52.3 Å². The lowest BCUT2D eigenvalue weighted by molar-refractivity contribution is -0.148. The largest absolute Gasteiger partial charge is 0.494 e. The molecule has 4 aromatic rings. The van der Waals surface area contributed by atoms with Crippen LogP contribution in [0.4, 0.5) is 0 Å². The number of hydrogen-bond acceptors (Lipinski definition) is 12. The standard InChI is InChI=1S/C43H37NO11/c1-2-38(45)50-23-7-6-22-49-34-18-14-31(15-19-34)41(46)53-35-20-16-32(17-21-35)42(47)54-36-26-51-40-37(27-52-39(36)40)55-43(48)33(25-44)24-28-10-12-30(13-11-28)29-8-4-3-5-9-29/h2-5,8-21,24,36-37,39-40H,1,6-7,22-23,26-27H2/b33-24+/t36-,37+,39+,40+/m0/s1. The normalized spacial score (nSPS) is 18.6. The van der Waals surface area contributed by atoms with Gasteiger partial charge in [0.25, 0.3) is 0 Å². The van der Waals surface area contributed by atoms with Crippen molar-refractivity contribution in [3.05, 3.63) is 138 Å². The molecule has 2 aliphatic heterocycles. The van der Waals surface area contributed by atoms with Crippen molar-refractivity contribution in [2.75, 3.05) is 26.4 Å². The second-order valence-electron chi connectivity index (χ2n) is 12.5. The number of carbonyl (C=O) groups is 4. The first-order valence-electron chi connectivity index (χ1n) is 17.6. The molecule has 0 radical (unpaired) electrons. The number of benzene rings is 4. The van der Waals surface area contributed by atoms with Crippen LogP contribution in [0.25, 0.3) is 17.2 Å². The van der Waals surface area contributed by atoms with Gasteiger partial charge in [0, 0.05) is 6.08 Å². The van der Waals surface area contributed by atoms with Crippen molar-refractivity contribution in [2.24, 2.45) is 0 Å². The maximum Gasteiger partial charge on any atom is 0.349 e. The van der Waals surface area contributed by atoms with Gasteiger partial charge in [0.1, 0.15) is 35.3 Å². The molecule has 280 valence electrons. The third kappa shape index (κ3) is 10.1. The third-order valence-corrected chi connectivity index (χ3v) is 8.76. The van der Waals surface area contributed by atoms with Crippen LogP contribution < -0.4 is 9.47 Å². The molecule has 0 spiro atoms. The van der Waals surface area contributed by atoms with Crippen molar-refractivity contribution in [1.82, 2.24) is 0 Å². The summed E-state index contributed by atoms with van der Waals surface area (Å²) in [6.45, 7) is 4.07. The summed E-state index contributed by atoms with van der Waals surface area (Å²) >= 11 is 0. The van der Waals surface area contributed by atoms with E-state index in [0.717, 1.165) is 17.2 Å². The number of carbonyl (C=O) groups excluding carboxylic acids is 4. The fourth-order valence-corrected chi connectivity index (χ4v) is 5.88. The Morgan fingerprint density at radius 2 is 1.29 bits per heavy atom. The highest BCUT2D eigenvalue weighted by Gasteiger charge is 2.51. The number of rotatable bonds is 15. The molecule has 0 unspecified atom stereocenters. The van der Waals surface area contributed by atoms with E-state index in [4.69, 9.17) is 33.2 Å². The Bertz CT molecular complexity index is 2050. The Hall–Kier alpha value is -6.55. The summed E-state index contributed by atoms with van der Waals surface area (Å²) in [7, 11) is 0. The molecule has 2 saturated heterocycles. The number of nitriles is 1. The van der Waals surface area contributed by atoms with E-state index in [9.17, 15) is 24.4 Å². The predicted octanol–water partition coefficient (Wildman–Crippen LogP) is 6.30. The quantitative estimate of drug-likeness (QED) is 0.0335. The van der Waals surface area contributed by atoms with E-state index < -0.39 is 48.3 Å². The molecular weight excluding hydrogens is 706 g/mol. The van der Waals surface area contributed by atoms with E-state index in [1.165, 1.54) is 30.3 Å². The average molecular weight is 744 g/mol. The number of unbranched alkanes of at least 4 members (excludes halogenated alkanes) is 1. The molecule has 55 heavy (non-hydrogen) atoms. The minimum Gasteiger partial charge on any atom is -0.494 e. The Balaban J connectivity index is 0.944. The molecule has 0 saturated carbocycles. The fraction of sp³-hybridized carbons (Fsp3) is 0.233. The highest BCUT2D eigenvalue weighted by molar-refractivity contribution is 5.98. The maximum absolute atomic E-state index is 13.0. The van der Waals surface area contributed by atoms with Gasteiger partial charge in [0.05, 0.1) is 37.6 Å². The predicted molar refractivity (Wildman–Crippen MR) is 198 cm³/mol. The van der Waals surface area contributed by atoms with Crippen LogP contribution in [-0.2, 0) is 33.3 Å². The average Bonchev–Trinajstić information content (AvgIpc) is 3.81. The van der Waals surface area contributed by atoms with Gasteiger partial charge in [-0.3, -0.25) is 0 Å². The zero-order valence-electron chi connectivity index (χ0n) is 29.7. The van der Waals surface area contributed by atoms with E-state index in [0.29, 0.717) is 36.3 Å². The number of esters is 4. The van der Waals surface area contributed by atoms with Gasteiger partial charge in [0.2, 0.25) is 0 Å². The number of fused-ring (bicyclic) bond motifs is 1. The van der Waals surface area contributed by atoms with Crippen LogP contribution in [0.1, 0.15) is 39.1 Å². The molecule has 2 aliphatic rings. The summed E-state index contributed by atoms with van der Waals surface area (Å²) in [5, 5.41) is 9.70. The lowest BCUT2D eigenvalue weighted by Crippen LogP contribution is -2.36. The van der Waals surface area contributed by atoms with E-state index in [-0.39, 0.29) is 36.7 Å². The van der Waals surface area contributed by atoms with Crippen LogP contribution >= 0.6 is 0 Å². The van der Waals surface area contributed by atoms with Crippen molar-refractivity contribution in [2.45, 2.75) is 37.3 Å². The Morgan fingerprint density at radius 1 is 0.709 bits per heavy atom. The first kappa shape index (κ1) is 38.2. The molecule has 2 fully saturated rings. The summed E-state index contributed by atoms with van der Waals surface area (Å²) in [4.78, 5) is 49.7. The molecule has 0 amide bonds. The van der Waals surface area contributed by atoms with Gasteiger partial charge in [-0.15, -0.1) is 0 Å². The Morgan fingerprint density at radius 3 is 1.93 bits per heavy atom. The second-order valence-corrected chi connectivity index (χ2v) is 12.5. The van der Waals surface area contributed by atoms with Gasteiger partial charge in [-0.1, -0.05) is 61.2 Å². The molecule has 0 aliphatic carbocycles. The highest BCUT2D eigenvalue weighted by atomic mass is 16.7. The van der Waals surface area contributed by atoms with E-state index in [1.807, 2.05) is 60.7 Å². The lowest BCUT2D eigenvalue weighted by atomic mass is 10.0. The Labute approximate surface area is 317 Å². The Kier molecular flexibility index (Phi) is 12.8. The van der Waals surface area contributed by atoms with Crippen LogP contribution in [0, 0.1) is 11.3 Å². The smallest absolute Gasteiger partial charge is 0.349 e. The summed E-state index contributed by atoms with van der Waals surface area (Å²) in [6, 6.07) is 31.6. The van der Waals surface area contributed by atoms with Crippen LogP contribution in [0.15, 0.2) is 121 Å². The van der Waals surface area contributed by atoms with Gasteiger partial charge in [-0.25, -0.2) is 19.2 Å². The molecule has 12 nitrogen and oxygen atoms in total. The second kappa shape index (κ2) is 18.5. The molecule has 0 aromatic heterocycles. The zero-order valence-corrected chi connectivity index (χ0v) is 29.7. The molecule has 4 aromatic carbocycles. The topological polar surface area (TPSA) is 157 Å². The summed E-state index contributed by atoms with van der Waals surface area (Å²) in [6.07, 6.45) is 0.969. The van der Waals surface area contributed by atoms with E-state index in [1.54, 1.807) is 24.3 Å². The molecule has 12 heteroatoms. The molecule has 0 N–H and O–H groups in total. The first-order chi connectivity index (χ1) is 26.8. The van der Waals surface area contributed by atoms with E-state index >= 15 is 0 Å².